The minimum Gasteiger partial charge on any atom is -0.289 e. The van der Waals surface area contributed by atoms with Gasteiger partial charge in [-0.1, -0.05) is 36.4 Å². The molecule has 2 aromatic carbocycles. The van der Waals surface area contributed by atoms with E-state index in [1.54, 1.807) is 11.8 Å². The predicted octanol–water partition coefficient (Wildman–Crippen LogP) is 5.01. The maximum Gasteiger partial charge on any atom is 0.189 e. The van der Waals surface area contributed by atoms with Crippen molar-refractivity contribution in [1.82, 2.24) is 0 Å². The van der Waals surface area contributed by atoms with Crippen molar-refractivity contribution in [2.45, 2.75) is 24.2 Å². The molecule has 0 aliphatic heterocycles. The SMILES string of the molecule is CSc1ccc(/C=C2/CCCc3ccccc3C2=O)cc1. The average Bonchev–Trinajstić information content (AvgIpc) is 2.69. The highest BCUT2D eigenvalue weighted by Crippen LogP contribution is 2.26. The van der Waals surface area contributed by atoms with Gasteiger partial charge in [-0.15, -0.1) is 11.8 Å². The third-order valence-electron chi connectivity index (χ3n) is 3.90. The van der Waals surface area contributed by atoms with E-state index in [-0.39, 0.29) is 5.78 Å². The van der Waals surface area contributed by atoms with Crippen LogP contribution in [0.2, 0.25) is 0 Å². The minimum absolute atomic E-state index is 0.192. The highest BCUT2D eigenvalue weighted by Gasteiger charge is 2.19. The summed E-state index contributed by atoms with van der Waals surface area (Å²) in [5.74, 6) is 0.192. The second kappa shape index (κ2) is 6.31. The Morgan fingerprint density at radius 1 is 1.00 bits per heavy atom. The fourth-order valence-electron chi connectivity index (χ4n) is 2.75. The van der Waals surface area contributed by atoms with E-state index in [0.29, 0.717) is 0 Å². The van der Waals surface area contributed by atoms with Crippen molar-refractivity contribution >= 4 is 23.6 Å². The normalized spacial score (nSPS) is 16.6. The van der Waals surface area contributed by atoms with Gasteiger partial charge >= 0.3 is 0 Å². The Hall–Kier alpha value is -1.80. The average molecular weight is 294 g/mol. The molecule has 0 N–H and O–H groups in total. The molecule has 0 unspecified atom stereocenters. The van der Waals surface area contributed by atoms with E-state index in [1.807, 2.05) is 18.2 Å². The van der Waals surface area contributed by atoms with Crippen molar-refractivity contribution in [1.29, 1.82) is 0 Å². The number of aryl methyl sites for hydroxylation is 1. The monoisotopic (exact) mass is 294 g/mol. The molecule has 2 aromatic rings. The second-order valence-electron chi connectivity index (χ2n) is 5.28. The number of rotatable bonds is 2. The summed E-state index contributed by atoms with van der Waals surface area (Å²) >= 11 is 1.73. The third kappa shape index (κ3) is 3.11. The molecular weight excluding hydrogens is 276 g/mol. The number of Topliss-reactive ketones (excluding diaryl/α,β-unsaturated/α-hetero) is 1. The largest absolute Gasteiger partial charge is 0.289 e. The molecule has 1 aliphatic rings. The van der Waals surface area contributed by atoms with Crippen molar-refractivity contribution in [2.24, 2.45) is 0 Å². The van der Waals surface area contributed by atoms with Gasteiger partial charge in [0.05, 0.1) is 0 Å². The van der Waals surface area contributed by atoms with Crippen LogP contribution in [0.1, 0.15) is 34.3 Å². The molecule has 21 heavy (non-hydrogen) atoms. The first kappa shape index (κ1) is 14.2. The number of hydrogen-bond donors (Lipinski definition) is 0. The Balaban J connectivity index is 1.94. The zero-order valence-corrected chi connectivity index (χ0v) is 13.0. The number of thioether (sulfide) groups is 1. The van der Waals surface area contributed by atoms with Crippen molar-refractivity contribution in [3.8, 4) is 0 Å². The van der Waals surface area contributed by atoms with Crippen molar-refractivity contribution in [3.63, 3.8) is 0 Å². The van der Waals surface area contributed by atoms with Gasteiger partial charge in [-0.25, -0.2) is 0 Å². The summed E-state index contributed by atoms with van der Waals surface area (Å²) in [6.07, 6.45) is 7.01. The summed E-state index contributed by atoms with van der Waals surface area (Å²) in [6, 6.07) is 16.4. The van der Waals surface area contributed by atoms with Crippen LogP contribution in [0.15, 0.2) is 59.0 Å². The number of benzene rings is 2. The third-order valence-corrected chi connectivity index (χ3v) is 4.65. The van der Waals surface area contributed by atoms with Gasteiger partial charge in [-0.2, -0.15) is 0 Å². The molecule has 0 atom stereocenters. The van der Waals surface area contributed by atoms with Crippen LogP contribution in [0.25, 0.3) is 6.08 Å². The highest BCUT2D eigenvalue weighted by molar-refractivity contribution is 7.98. The van der Waals surface area contributed by atoms with E-state index < -0.39 is 0 Å². The first-order valence-corrected chi connectivity index (χ1v) is 8.47. The van der Waals surface area contributed by atoms with E-state index in [0.717, 1.165) is 36.0 Å². The Kier molecular flexibility index (Phi) is 4.26. The number of ketones is 1. The lowest BCUT2D eigenvalue weighted by Gasteiger charge is -2.05. The van der Waals surface area contributed by atoms with Gasteiger partial charge in [0, 0.05) is 16.0 Å². The number of carbonyl (C=O) groups excluding carboxylic acids is 1. The van der Waals surface area contributed by atoms with Crippen molar-refractivity contribution in [2.75, 3.05) is 6.26 Å². The van der Waals surface area contributed by atoms with Gasteiger partial charge in [-0.3, -0.25) is 4.79 Å². The van der Waals surface area contributed by atoms with Gasteiger partial charge < -0.3 is 0 Å². The van der Waals surface area contributed by atoms with E-state index >= 15 is 0 Å². The lowest BCUT2D eigenvalue weighted by molar-refractivity contribution is 0.103. The molecule has 1 nitrogen and oxygen atoms in total. The van der Waals surface area contributed by atoms with Crippen LogP contribution in [0.4, 0.5) is 0 Å². The van der Waals surface area contributed by atoms with Crippen LogP contribution >= 0.6 is 11.8 Å². The topological polar surface area (TPSA) is 17.1 Å². The molecule has 0 saturated heterocycles. The highest BCUT2D eigenvalue weighted by atomic mass is 32.2. The molecular formula is C19H18OS. The van der Waals surface area contributed by atoms with Crippen LogP contribution in [-0.4, -0.2) is 12.0 Å². The number of fused-ring (bicyclic) bond motifs is 1. The van der Waals surface area contributed by atoms with Crippen LogP contribution in [0.3, 0.4) is 0 Å². The Morgan fingerprint density at radius 2 is 1.76 bits per heavy atom. The van der Waals surface area contributed by atoms with Crippen molar-refractivity contribution in [3.05, 3.63) is 70.8 Å². The Bertz CT molecular complexity index is 683. The molecule has 0 spiro atoms. The van der Waals surface area contributed by atoms with Gasteiger partial charge in [0.1, 0.15) is 0 Å². The lowest BCUT2D eigenvalue weighted by Crippen LogP contribution is -2.03. The molecule has 0 fully saturated rings. The summed E-state index contributed by atoms with van der Waals surface area (Å²) in [6.45, 7) is 0. The molecule has 0 amide bonds. The standard InChI is InChI=1S/C19H18OS/c1-21-17-11-9-14(10-12-17)13-16-7-4-6-15-5-2-3-8-18(15)19(16)20/h2-3,5,8-13H,4,6-7H2,1H3/b16-13-. The van der Waals surface area contributed by atoms with E-state index in [9.17, 15) is 4.79 Å². The predicted molar refractivity (Wildman–Crippen MR) is 89.9 cm³/mol. The zero-order chi connectivity index (χ0) is 14.7. The lowest BCUT2D eigenvalue weighted by atomic mass is 9.98. The molecule has 0 aromatic heterocycles. The first-order chi connectivity index (χ1) is 10.3. The molecule has 0 saturated carbocycles. The van der Waals surface area contributed by atoms with E-state index in [2.05, 4.69) is 42.7 Å². The number of carbonyl (C=O) groups is 1. The maximum absolute atomic E-state index is 12.7. The van der Waals surface area contributed by atoms with Crippen LogP contribution in [0.5, 0.6) is 0 Å². The Morgan fingerprint density at radius 3 is 2.52 bits per heavy atom. The summed E-state index contributed by atoms with van der Waals surface area (Å²) in [5, 5.41) is 0. The van der Waals surface area contributed by atoms with Gasteiger partial charge in [0.15, 0.2) is 5.78 Å². The maximum atomic E-state index is 12.7. The molecule has 0 heterocycles. The summed E-state index contributed by atoms with van der Waals surface area (Å²) in [7, 11) is 0. The van der Waals surface area contributed by atoms with Crippen LogP contribution in [0, 0.1) is 0 Å². The van der Waals surface area contributed by atoms with Gasteiger partial charge in [-0.05, 0) is 54.9 Å². The molecule has 3 rings (SSSR count). The minimum atomic E-state index is 0.192. The van der Waals surface area contributed by atoms with Crippen LogP contribution < -0.4 is 0 Å². The second-order valence-corrected chi connectivity index (χ2v) is 6.16. The summed E-state index contributed by atoms with van der Waals surface area (Å²) in [4.78, 5) is 13.9. The van der Waals surface area contributed by atoms with Crippen LogP contribution in [-0.2, 0) is 6.42 Å². The summed E-state index contributed by atoms with van der Waals surface area (Å²) in [5.41, 5.74) is 4.10. The molecule has 106 valence electrons. The first-order valence-electron chi connectivity index (χ1n) is 7.25. The fraction of sp³-hybridized carbons (Fsp3) is 0.211. The molecule has 0 radical (unpaired) electrons. The fourth-order valence-corrected chi connectivity index (χ4v) is 3.16. The molecule has 1 aliphatic carbocycles. The summed E-state index contributed by atoms with van der Waals surface area (Å²) < 4.78 is 0. The van der Waals surface area contributed by atoms with Gasteiger partial charge in [0.2, 0.25) is 0 Å². The molecule has 0 bridgehead atoms. The quantitative estimate of drug-likeness (QED) is 0.440. The Labute approximate surface area is 130 Å². The van der Waals surface area contributed by atoms with Crippen molar-refractivity contribution < 1.29 is 4.79 Å². The van der Waals surface area contributed by atoms with E-state index in [4.69, 9.17) is 0 Å². The smallest absolute Gasteiger partial charge is 0.189 e. The number of hydrogen-bond acceptors (Lipinski definition) is 2. The zero-order valence-electron chi connectivity index (χ0n) is 12.1. The van der Waals surface area contributed by atoms with Gasteiger partial charge in [0.25, 0.3) is 0 Å². The van der Waals surface area contributed by atoms with E-state index in [1.165, 1.54) is 10.5 Å². The number of allylic oxidation sites excluding steroid dienone is 1. The molecule has 2 heteroatoms.